The molecular weight excluding hydrogens is 276 g/mol. The van der Waals surface area contributed by atoms with E-state index in [4.69, 9.17) is 26.8 Å². The molecule has 2 aromatic rings. The van der Waals surface area contributed by atoms with E-state index in [0.717, 1.165) is 12.0 Å². The Hall–Kier alpha value is -1.78. The van der Waals surface area contributed by atoms with Crippen molar-refractivity contribution in [1.82, 2.24) is 4.98 Å². The number of aryl methyl sites for hydroxylation is 1. The van der Waals surface area contributed by atoms with Crippen molar-refractivity contribution in [3.05, 3.63) is 46.6 Å². The van der Waals surface area contributed by atoms with Gasteiger partial charge < -0.3 is 15.2 Å². The van der Waals surface area contributed by atoms with Gasteiger partial charge in [-0.25, -0.2) is 4.98 Å². The third-order valence-electron chi connectivity index (χ3n) is 3.00. The Morgan fingerprint density at radius 2 is 2.05 bits per heavy atom. The van der Waals surface area contributed by atoms with Gasteiger partial charge in [0.1, 0.15) is 5.02 Å². The van der Waals surface area contributed by atoms with Crippen LogP contribution in [0.3, 0.4) is 0 Å². The molecule has 0 aliphatic rings. The van der Waals surface area contributed by atoms with Crippen LogP contribution in [0.2, 0.25) is 5.02 Å². The lowest BCUT2D eigenvalue weighted by Gasteiger charge is -2.12. The van der Waals surface area contributed by atoms with Crippen LogP contribution in [0.5, 0.6) is 17.4 Å². The first kappa shape index (κ1) is 14.6. The Morgan fingerprint density at radius 3 is 2.70 bits per heavy atom. The molecule has 0 radical (unpaired) electrons. The van der Waals surface area contributed by atoms with Gasteiger partial charge in [-0.1, -0.05) is 24.6 Å². The van der Waals surface area contributed by atoms with Gasteiger partial charge in [-0.2, -0.15) is 0 Å². The highest BCUT2D eigenvalue weighted by Gasteiger charge is 2.12. The molecule has 0 aliphatic carbocycles. The summed E-state index contributed by atoms with van der Waals surface area (Å²) in [6.07, 6.45) is 2.55. The van der Waals surface area contributed by atoms with Gasteiger partial charge in [0, 0.05) is 12.7 Å². The van der Waals surface area contributed by atoms with Gasteiger partial charge in [0.25, 0.3) is 0 Å². The summed E-state index contributed by atoms with van der Waals surface area (Å²) in [7, 11) is 1.60. The minimum absolute atomic E-state index is 0.331. The normalized spacial score (nSPS) is 10.4. The first-order chi connectivity index (χ1) is 9.69. The lowest BCUT2D eigenvalue weighted by atomic mass is 10.1. The topological polar surface area (TPSA) is 57.4 Å². The van der Waals surface area contributed by atoms with Crippen LogP contribution in [0.4, 0.5) is 0 Å². The fraction of sp³-hybridized carbons (Fsp3) is 0.267. The van der Waals surface area contributed by atoms with Crippen LogP contribution in [0.1, 0.15) is 18.1 Å². The molecule has 0 saturated heterocycles. The van der Waals surface area contributed by atoms with E-state index in [2.05, 4.69) is 11.9 Å². The number of ether oxygens (including phenoxy) is 2. The van der Waals surface area contributed by atoms with Crippen molar-refractivity contribution in [2.24, 2.45) is 5.73 Å². The summed E-state index contributed by atoms with van der Waals surface area (Å²) in [4.78, 5) is 4.13. The number of hydrogen-bond donors (Lipinski definition) is 1. The number of nitrogens with zero attached hydrogens (tertiary/aromatic N) is 1. The quantitative estimate of drug-likeness (QED) is 0.915. The Balaban J connectivity index is 2.35. The molecule has 5 heteroatoms. The predicted molar refractivity (Wildman–Crippen MR) is 79.6 cm³/mol. The summed E-state index contributed by atoms with van der Waals surface area (Å²) >= 11 is 6.20. The van der Waals surface area contributed by atoms with Crippen LogP contribution >= 0.6 is 11.6 Å². The van der Waals surface area contributed by atoms with E-state index in [1.165, 1.54) is 5.56 Å². The van der Waals surface area contributed by atoms with Crippen LogP contribution < -0.4 is 15.2 Å². The van der Waals surface area contributed by atoms with Crippen molar-refractivity contribution in [3.8, 4) is 17.4 Å². The summed E-state index contributed by atoms with van der Waals surface area (Å²) in [6, 6.07) is 7.55. The van der Waals surface area contributed by atoms with Crippen molar-refractivity contribution >= 4 is 11.6 Å². The van der Waals surface area contributed by atoms with E-state index >= 15 is 0 Å². The summed E-state index contributed by atoms with van der Waals surface area (Å²) < 4.78 is 11.1. The minimum Gasteiger partial charge on any atom is -0.493 e. The molecule has 2 N–H and O–H groups in total. The van der Waals surface area contributed by atoms with Gasteiger partial charge in [0.05, 0.1) is 7.11 Å². The van der Waals surface area contributed by atoms with E-state index in [-0.39, 0.29) is 0 Å². The number of pyridine rings is 1. The average molecular weight is 293 g/mol. The lowest BCUT2D eigenvalue weighted by Crippen LogP contribution is -2.00. The van der Waals surface area contributed by atoms with E-state index in [0.29, 0.717) is 28.9 Å². The molecule has 1 aromatic heterocycles. The number of hydrogen-bond acceptors (Lipinski definition) is 4. The Kier molecular flexibility index (Phi) is 4.82. The molecule has 4 nitrogen and oxygen atoms in total. The number of halogens is 1. The van der Waals surface area contributed by atoms with Crippen molar-refractivity contribution in [1.29, 1.82) is 0 Å². The number of rotatable bonds is 5. The third kappa shape index (κ3) is 3.03. The molecule has 0 atom stereocenters. The summed E-state index contributed by atoms with van der Waals surface area (Å²) in [6.45, 7) is 2.42. The van der Waals surface area contributed by atoms with Crippen LogP contribution in [0.25, 0.3) is 0 Å². The molecule has 0 bridgehead atoms. The van der Waals surface area contributed by atoms with Gasteiger partial charge in [-0.05, 0) is 35.7 Å². The van der Waals surface area contributed by atoms with Gasteiger partial charge in [-0.3, -0.25) is 0 Å². The van der Waals surface area contributed by atoms with Crippen LogP contribution in [-0.2, 0) is 13.0 Å². The van der Waals surface area contributed by atoms with Crippen molar-refractivity contribution in [3.63, 3.8) is 0 Å². The number of benzene rings is 1. The van der Waals surface area contributed by atoms with E-state index in [1.807, 2.05) is 18.2 Å². The van der Waals surface area contributed by atoms with Gasteiger partial charge in [0.15, 0.2) is 11.5 Å². The molecule has 0 amide bonds. The van der Waals surface area contributed by atoms with Crippen molar-refractivity contribution in [2.45, 2.75) is 19.9 Å². The van der Waals surface area contributed by atoms with Gasteiger partial charge in [0.2, 0.25) is 5.88 Å². The second-order valence-electron chi connectivity index (χ2n) is 4.23. The fourth-order valence-corrected chi connectivity index (χ4v) is 2.04. The maximum atomic E-state index is 6.20. The molecule has 1 aromatic carbocycles. The second kappa shape index (κ2) is 6.59. The molecule has 0 saturated carbocycles. The molecule has 2 rings (SSSR count). The third-order valence-corrected chi connectivity index (χ3v) is 3.40. The van der Waals surface area contributed by atoms with Crippen LogP contribution in [0, 0.1) is 0 Å². The first-order valence-electron chi connectivity index (χ1n) is 6.37. The maximum Gasteiger partial charge on any atom is 0.238 e. The van der Waals surface area contributed by atoms with Crippen molar-refractivity contribution in [2.75, 3.05) is 7.11 Å². The Labute approximate surface area is 123 Å². The molecule has 106 valence electrons. The zero-order chi connectivity index (χ0) is 14.5. The predicted octanol–water partition coefficient (Wildman–Crippen LogP) is 3.56. The van der Waals surface area contributed by atoms with Gasteiger partial charge >= 0.3 is 0 Å². The Bertz CT molecular complexity index is 602. The minimum atomic E-state index is 0.331. The highest BCUT2D eigenvalue weighted by atomic mass is 35.5. The molecule has 0 aliphatic heterocycles. The SMILES string of the molecule is CCc1ccc(Oc2nccc(CN)c2Cl)c(OC)c1. The summed E-state index contributed by atoms with van der Waals surface area (Å²) in [5.41, 5.74) is 7.58. The van der Waals surface area contributed by atoms with Crippen molar-refractivity contribution < 1.29 is 9.47 Å². The molecular formula is C15H17ClN2O2. The zero-order valence-corrected chi connectivity index (χ0v) is 12.3. The highest BCUT2D eigenvalue weighted by molar-refractivity contribution is 6.32. The summed E-state index contributed by atoms with van der Waals surface area (Å²) in [5, 5.41) is 0.427. The van der Waals surface area contributed by atoms with E-state index in [1.54, 1.807) is 19.4 Å². The largest absolute Gasteiger partial charge is 0.493 e. The molecule has 0 unspecified atom stereocenters. The number of aromatic nitrogens is 1. The number of nitrogens with two attached hydrogens (primary N) is 1. The molecule has 0 spiro atoms. The summed E-state index contributed by atoms with van der Waals surface area (Å²) in [5.74, 6) is 1.56. The first-order valence-corrected chi connectivity index (χ1v) is 6.75. The van der Waals surface area contributed by atoms with E-state index < -0.39 is 0 Å². The maximum absolute atomic E-state index is 6.20. The van der Waals surface area contributed by atoms with Crippen LogP contribution in [0.15, 0.2) is 30.5 Å². The smallest absolute Gasteiger partial charge is 0.238 e. The standard InChI is InChI=1S/C15H17ClN2O2/c1-3-10-4-5-12(13(8-10)19-2)20-15-14(16)11(9-17)6-7-18-15/h4-8H,3,9,17H2,1-2H3. The molecule has 1 heterocycles. The Morgan fingerprint density at radius 1 is 1.25 bits per heavy atom. The molecule has 0 fully saturated rings. The van der Waals surface area contributed by atoms with Crippen LogP contribution in [-0.4, -0.2) is 12.1 Å². The van der Waals surface area contributed by atoms with E-state index in [9.17, 15) is 0 Å². The zero-order valence-electron chi connectivity index (χ0n) is 11.5. The lowest BCUT2D eigenvalue weighted by molar-refractivity contribution is 0.373. The average Bonchev–Trinajstić information content (AvgIpc) is 2.49. The highest BCUT2D eigenvalue weighted by Crippen LogP contribution is 2.35. The number of methoxy groups -OCH3 is 1. The second-order valence-corrected chi connectivity index (χ2v) is 4.61. The molecule has 20 heavy (non-hydrogen) atoms. The fourth-order valence-electron chi connectivity index (χ4n) is 1.81. The monoisotopic (exact) mass is 292 g/mol. The van der Waals surface area contributed by atoms with Gasteiger partial charge in [-0.15, -0.1) is 0 Å².